The first-order valence-electron chi connectivity index (χ1n) is 9.76. The summed E-state index contributed by atoms with van der Waals surface area (Å²) in [5.41, 5.74) is 1.72. The van der Waals surface area contributed by atoms with E-state index in [1.807, 2.05) is 36.4 Å². The van der Waals surface area contributed by atoms with Crippen molar-refractivity contribution in [3.8, 4) is 0 Å². The van der Waals surface area contributed by atoms with Gasteiger partial charge in [-0.1, -0.05) is 38.1 Å². The Labute approximate surface area is 161 Å². The molecule has 1 aliphatic rings. The molecule has 0 unspecified atom stereocenters. The molecule has 0 spiro atoms. The Hall–Kier alpha value is -2.27. The zero-order valence-corrected chi connectivity index (χ0v) is 16.1. The van der Waals surface area contributed by atoms with Crippen LogP contribution < -0.4 is 5.32 Å². The molecule has 5 nitrogen and oxygen atoms in total. The van der Waals surface area contributed by atoms with Crippen LogP contribution in [0.2, 0.25) is 0 Å². The van der Waals surface area contributed by atoms with Gasteiger partial charge in [-0.15, -0.1) is 0 Å². The lowest BCUT2D eigenvalue weighted by Gasteiger charge is -2.30. The number of ketones is 1. The topological polar surface area (TPSA) is 62.3 Å². The molecule has 1 atom stereocenters. The fourth-order valence-corrected chi connectivity index (χ4v) is 3.41. The Morgan fingerprint density at radius 1 is 1.30 bits per heavy atom. The van der Waals surface area contributed by atoms with E-state index in [2.05, 4.69) is 19.2 Å². The maximum Gasteiger partial charge on any atom is 0.227 e. The number of nitrogens with zero attached hydrogens (tertiary/aromatic N) is 2. The van der Waals surface area contributed by atoms with Gasteiger partial charge in [-0.2, -0.15) is 0 Å². The summed E-state index contributed by atoms with van der Waals surface area (Å²) in [6.45, 7) is 5.66. The number of rotatable bonds is 6. The van der Waals surface area contributed by atoms with Crippen LogP contribution in [0.15, 0.2) is 36.4 Å². The summed E-state index contributed by atoms with van der Waals surface area (Å²) in [4.78, 5) is 32.0. The van der Waals surface area contributed by atoms with Crippen LogP contribution in [-0.4, -0.2) is 40.7 Å². The van der Waals surface area contributed by atoms with E-state index in [9.17, 15) is 9.59 Å². The minimum Gasteiger partial charge on any atom is -0.326 e. The van der Waals surface area contributed by atoms with E-state index in [1.54, 1.807) is 11.3 Å². The molecule has 2 aromatic rings. The number of Topliss-reactive ketones (excluding diaryl/α,β-unsaturated/α-hetero) is 1. The van der Waals surface area contributed by atoms with Crippen LogP contribution >= 0.6 is 0 Å². The zero-order valence-electron chi connectivity index (χ0n) is 16.1. The van der Waals surface area contributed by atoms with Gasteiger partial charge < -0.3 is 10.2 Å². The lowest BCUT2D eigenvalue weighted by atomic mass is 10.0. The molecule has 1 fully saturated rings. The lowest BCUT2D eigenvalue weighted by molar-refractivity contribution is -0.137. The summed E-state index contributed by atoms with van der Waals surface area (Å²) in [5.74, 6) is 0.416. The molecule has 1 N–H and O–H groups in total. The third kappa shape index (κ3) is 5.13. The second-order valence-electron chi connectivity index (χ2n) is 7.60. The smallest absolute Gasteiger partial charge is 0.227 e. The van der Waals surface area contributed by atoms with Gasteiger partial charge in [0.15, 0.2) is 5.78 Å². The number of pyridine rings is 1. The number of para-hydroxylation sites is 1. The Morgan fingerprint density at radius 2 is 2.11 bits per heavy atom. The first kappa shape index (κ1) is 19.5. The molecule has 27 heavy (non-hydrogen) atoms. The minimum absolute atomic E-state index is 0.0705. The average Bonchev–Trinajstić information content (AvgIpc) is 2.88. The maximum absolute atomic E-state index is 12.9. The Morgan fingerprint density at radius 3 is 2.93 bits per heavy atom. The number of aromatic nitrogens is 1. The fourth-order valence-electron chi connectivity index (χ4n) is 3.41. The van der Waals surface area contributed by atoms with Gasteiger partial charge in [0, 0.05) is 5.39 Å². The van der Waals surface area contributed by atoms with Gasteiger partial charge in [-0.05, 0) is 43.9 Å². The second-order valence-corrected chi connectivity index (χ2v) is 7.60. The molecule has 0 aliphatic carbocycles. The highest BCUT2D eigenvalue weighted by atomic mass is 16.2. The van der Waals surface area contributed by atoms with E-state index in [-0.39, 0.29) is 17.7 Å². The van der Waals surface area contributed by atoms with Gasteiger partial charge in [0.1, 0.15) is 0 Å². The van der Waals surface area contributed by atoms with Crippen LogP contribution in [0.25, 0.3) is 10.9 Å². The van der Waals surface area contributed by atoms with E-state index >= 15 is 0 Å². The first-order valence-corrected chi connectivity index (χ1v) is 9.76. The largest absolute Gasteiger partial charge is 0.326 e. The van der Waals surface area contributed by atoms with E-state index in [0.717, 1.165) is 29.6 Å². The summed E-state index contributed by atoms with van der Waals surface area (Å²) in [7, 11) is 0. The second kappa shape index (κ2) is 9.09. The van der Waals surface area contributed by atoms with Gasteiger partial charge in [-0.3, -0.25) is 14.6 Å². The monoisotopic (exact) mass is 366 g/mol. The molecule has 5 heteroatoms. The highest BCUT2D eigenvalue weighted by molar-refractivity contribution is 5.93. The number of amides is 1. The molecule has 0 saturated carbocycles. The molecule has 1 saturated heterocycles. The predicted octanol–water partition coefficient (Wildman–Crippen LogP) is 3.13. The Bertz CT molecular complexity index is 803. The molecule has 1 radical (unpaired) electrons. The molecule has 1 aromatic carbocycles. The Balaban J connectivity index is 1.85. The highest BCUT2D eigenvalue weighted by Crippen LogP contribution is 2.19. The number of carbonyl (C=O) groups excluding carboxylic acids is 2. The summed E-state index contributed by atoms with van der Waals surface area (Å²) < 4.78 is 0. The molecule has 143 valence electrons. The third-order valence-corrected chi connectivity index (χ3v) is 4.91. The molecule has 1 aromatic heterocycles. The Kier molecular flexibility index (Phi) is 6.56. The van der Waals surface area contributed by atoms with Crippen molar-refractivity contribution in [2.24, 2.45) is 5.92 Å². The number of nitrogens with one attached hydrogen (secondary N) is 1. The maximum atomic E-state index is 12.9. The van der Waals surface area contributed by atoms with E-state index < -0.39 is 0 Å². The molecule has 3 rings (SSSR count). The molecular weight excluding hydrogens is 338 g/mol. The predicted molar refractivity (Wildman–Crippen MR) is 107 cm³/mol. The molecule has 2 heterocycles. The van der Waals surface area contributed by atoms with E-state index in [1.165, 1.54) is 0 Å². The van der Waals surface area contributed by atoms with Crippen molar-refractivity contribution in [1.29, 1.82) is 0 Å². The van der Waals surface area contributed by atoms with Crippen LogP contribution in [0.5, 0.6) is 0 Å². The number of fused-ring (bicyclic) bond motifs is 1. The van der Waals surface area contributed by atoms with E-state index in [4.69, 9.17) is 4.98 Å². The minimum atomic E-state index is -0.385. The first-order chi connectivity index (χ1) is 13.0. The normalized spacial score (nSPS) is 17.9. The summed E-state index contributed by atoms with van der Waals surface area (Å²) in [6.07, 6.45) is 4.01. The number of hydrogen-bond donors (Lipinski definition) is 1. The van der Waals surface area contributed by atoms with Crippen molar-refractivity contribution in [3.63, 3.8) is 0 Å². The van der Waals surface area contributed by atoms with Crippen molar-refractivity contribution in [3.05, 3.63) is 48.5 Å². The summed E-state index contributed by atoms with van der Waals surface area (Å²) in [6, 6.07) is 11.5. The van der Waals surface area contributed by atoms with Crippen molar-refractivity contribution >= 4 is 22.6 Å². The van der Waals surface area contributed by atoms with Crippen LogP contribution in [0.1, 0.15) is 38.8 Å². The van der Waals surface area contributed by atoms with Crippen LogP contribution in [0, 0.1) is 12.3 Å². The fraction of sp³-hybridized carbons (Fsp3) is 0.455. The standard InChI is InChI=1S/C22H28N3O2/c1-16(2)9-12-22(27)25(20-8-5-13-23-14-21(20)26)15-18-11-10-17-6-3-4-7-19(17)24-18/h3-4,6-7,10-12,16,20,23H,5,8-9,13-15H2,1-2H3/t20-/m0/s1. The number of carbonyl (C=O) groups is 2. The van der Waals surface area contributed by atoms with Crippen molar-refractivity contribution in [2.75, 3.05) is 13.1 Å². The quantitative estimate of drug-likeness (QED) is 0.853. The highest BCUT2D eigenvalue weighted by Gasteiger charge is 2.30. The van der Waals surface area contributed by atoms with Crippen LogP contribution in [0.3, 0.4) is 0 Å². The SMILES string of the molecule is CC(C)C[CH]C(=O)N(Cc1ccc2ccccc2n1)[C@H]1CCCNCC1=O. The summed E-state index contributed by atoms with van der Waals surface area (Å²) in [5, 5.41) is 4.22. The van der Waals surface area contributed by atoms with E-state index in [0.29, 0.717) is 31.8 Å². The zero-order chi connectivity index (χ0) is 19.2. The van der Waals surface area contributed by atoms with Crippen LogP contribution in [0.4, 0.5) is 0 Å². The van der Waals surface area contributed by atoms with Crippen LogP contribution in [-0.2, 0) is 16.1 Å². The van der Waals surface area contributed by atoms with Gasteiger partial charge in [-0.25, -0.2) is 0 Å². The van der Waals surface area contributed by atoms with Crippen molar-refractivity contribution < 1.29 is 9.59 Å². The van der Waals surface area contributed by atoms with Gasteiger partial charge in [0.2, 0.25) is 5.91 Å². The third-order valence-electron chi connectivity index (χ3n) is 4.91. The molecule has 1 amide bonds. The lowest BCUT2D eigenvalue weighted by Crippen LogP contribution is -2.46. The van der Waals surface area contributed by atoms with Crippen molar-refractivity contribution in [1.82, 2.24) is 15.2 Å². The number of hydrogen-bond acceptors (Lipinski definition) is 4. The van der Waals surface area contributed by atoms with Gasteiger partial charge in [0.25, 0.3) is 0 Å². The molecule has 1 aliphatic heterocycles. The number of benzene rings is 1. The van der Waals surface area contributed by atoms with Gasteiger partial charge in [0.05, 0.1) is 36.8 Å². The van der Waals surface area contributed by atoms with Gasteiger partial charge >= 0.3 is 0 Å². The van der Waals surface area contributed by atoms with Crippen molar-refractivity contribution in [2.45, 2.75) is 45.7 Å². The summed E-state index contributed by atoms with van der Waals surface area (Å²) >= 11 is 0. The average molecular weight is 366 g/mol. The molecular formula is C22H28N3O2. The molecule has 0 bridgehead atoms.